The van der Waals surface area contributed by atoms with Crippen LogP contribution in [0.15, 0.2) is 10.5 Å². The minimum Gasteiger partial charge on any atom is -0.329 e. The molecule has 1 aliphatic rings. The fraction of sp³-hybridized carbons (Fsp3) is 0.733. The van der Waals surface area contributed by atoms with Crippen molar-refractivity contribution in [3.8, 4) is 0 Å². The Hall–Kier alpha value is 0.390. The van der Waals surface area contributed by atoms with Crippen molar-refractivity contribution in [3.05, 3.63) is 19.8 Å². The van der Waals surface area contributed by atoms with Gasteiger partial charge in [-0.15, -0.1) is 11.3 Å². The van der Waals surface area contributed by atoms with E-state index < -0.39 is 0 Å². The van der Waals surface area contributed by atoms with Crippen LogP contribution in [-0.4, -0.2) is 24.5 Å². The number of likely N-dealkylation sites (tertiary alicyclic amines) is 1. The number of halogens is 2. The molecule has 1 aliphatic heterocycles. The first kappa shape index (κ1) is 16.8. The summed E-state index contributed by atoms with van der Waals surface area (Å²) in [5.74, 6) is 0.905. The van der Waals surface area contributed by atoms with Crippen molar-refractivity contribution in [1.82, 2.24) is 4.90 Å². The first-order valence-corrected chi connectivity index (χ1v) is 9.53. The summed E-state index contributed by atoms with van der Waals surface area (Å²) < 4.78 is 1.83. The predicted molar refractivity (Wildman–Crippen MR) is 92.6 cm³/mol. The molecule has 1 saturated heterocycles. The van der Waals surface area contributed by atoms with Crippen molar-refractivity contribution in [2.75, 3.05) is 19.6 Å². The molecule has 1 aromatic rings. The summed E-state index contributed by atoms with van der Waals surface area (Å²) in [7, 11) is 0. The molecule has 2 unspecified atom stereocenters. The molecule has 0 saturated carbocycles. The van der Waals surface area contributed by atoms with Gasteiger partial charge in [-0.2, -0.15) is 0 Å². The third kappa shape index (κ3) is 4.20. The summed E-state index contributed by atoms with van der Waals surface area (Å²) in [4.78, 5) is 3.85. The second kappa shape index (κ2) is 8.14. The van der Waals surface area contributed by atoms with Gasteiger partial charge in [-0.05, 0) is 60.3 Å². The van der Waals surface area contributed by atoms with Crippen LogP contribution < -0.4 is 5.73 Å². The van der Waals surface area contributed by atoms with Crippen LogP contribution in [0, 0.1) is 5.92 Å². The number of nitrogens with zero attached hydrogens (tertiary/aromatic N) is 1. The van der Waals surface area contributed by atoms with Crippen LogP contribution in [0.2, 0.25) is 4.34 Å². The van der Waals surface area contributed by atoms with Gasteiger partial charge in [0.15, 0.2) is 0 Å². The normalized spacial score (nSPS) is 22.7. The lowest BCUT2D eigenvalue weighted by atomic mass is 9.96. The molecule has 2 nitrogen and oxygen atoms in total. The molecule has 5 heteroatoms. The van der Waals surface area contributed by atoms with Crippen LogP contribution in [0.25, 0.3) is 0 Å². The summed E-state index contributed by atoms with van der Waals surface area (Å²) in [6, 6.07) is 2.46. The summed E-state index contributed by atoms with van der Waals surface area (Å²) in [5, 5.41) is 0. The minimum atomic E-state index is 0.323. The smallest absolute Gasteiger partial charge is 0.107 e. The molecule has 1 aromatic heterocycles. The summed E-state index contributed by atoms with van der Waals surface area (Å²) >= 11 is 11.3. The van der Waals surface area contributed by atoms with Crippen LogP contribution in [0.1, 0.15) is 49.9 Å². The average Bonchev–Trinajstić information content (AvgIpc) is 2.64. The maximum absolute atomic E-state index is 6.18. The Kier molecular flexibility index (Phi) is 6.82. The molecule has 2 heterocycles. The summed E-state index contributed by atoms with van der Waals surface area (Å²) in [5.41, 5.74) is 6.05. The molecule has 1 fully saturated rings. The first-order valence-electron chi connectivity index (χ1n) is 7.54. The van der Waals surface area contributed by atoms with Crippen molar-refractivity contribution >= 4 is 38.9 Å². The standard InChI is InChI=1S/C15H24BrClN2S/c1-2-4-11-5-3-7-19(8-6-11)13(10-18)14-9-12(16)15(17)20-14/h9,11,13H,2-8,10,18H2,1H3. The Morgan fingerprint density at radius 3 is 2.90 bits per heavy atom. The number of hydrogen-bond donors (Lipinski definition) is 1. The van der Waals surface area contributed by atoms with E-state index in [0.717, 1.165) is 21.3 Å². The van der Waals surface area contributed by atoms with Crippen molar-refractivity contribution in [1.29, 1.82) is 0 Å². The van der Waals surface area contributed by atoms with Gasteiger partial charge in [-0.1, -0.05) is 31.4 Å². The zero-order valence-electron chi connectivity index (χ0n) is 12.1. The molecule has 0 aliphatic carbocycles. The van der Waals surface area contributed by atoms with Crippen LogP contribution in [0.5, 0.6) is 0 Å². The largest absolute Gasteiger partial charge is 0.329 e. The Balaban J connectivity index is 2.04. The van der Waals surface area contributed by atoms with E-state index in [2.05, 4.69) is 33.8 Å². The van der Waals surface area contributed by atoms with E-state index in [4.69, 9.17) is 17.3 Å². The highest BCUT2D eigenvalue weighted by atomic mass is 79.9. The van der Waals surface area contributed by atoms with E-state index in [1.54, 1.807) is 11.3 Å². The van der Waals surface area contributed by atoms with E-state index in [-0.39, 0.29) is 0 Å². The quantitative estimate of drug-likeness (QED) is 0.774. The molecule has 0 radical (unpaired) electrons. The zero-order chi connectivity index (χ0) is 14.5. The molecule has 20 heavy (non-hydrogen) atoms. The molecule has 2 atom stereocenters. The molecule has 2 N–H and O–H groups in total. The highest BCUT2D eigenvalue weighted by molar-refractivity contribution is 9.10. The lowest BCUT2D eigenvalue weighted by Gasteiger charge is -2.29. The highest BCUT2D eigenvalue weighted by Crippen LogP contribution is 2.37. The van der Waals surface area contributed by atoms with Crippen LogP contribution in [-0.2, 0) is 0 Å². The van der Waals surface area contributed by atoms with E-state index in [0.29, 0.717) is 12.6 Å². The molecule has 2 rings (SSSR count). The SMILES string of the molecule is CCCC1CCCN(C(CN)c2cc(Br)c(Cl)s2)CC1. The second-order valence-corrected chi connectivity index (χ2v) is 8.18. The van der Waals surface area contributed by atoms with Crippen molar-refractivity contribution in [2.45, 2.75) is 45.1 Å². The fourth-order valence-electron chi connectivity index (χ4n) is 3.17. The van der Waals surface area contributed by atoms with Crippen molar-refractivity contribution < 1.29 is 0 Å². The molecular weight excluding hydrogens is 356 g/mol. The molecule has 0 spiro atoms. The number of nitrogens with two attached hydrogens (primary N) is 1. The maximum atomic E-state index is 6.18. The Bertz CT molecular complexity index is 405. The minimum absolute atomic E-state index is 0.323. The Labute approximate surface area is 139 Å². The van der Waals surface area contributed by atoms with Gasteiger partial charge in [0.25, 0.3) is 0 Å². The lowest BCUT2D eigenvalue weighted by Crippen LogP contribution is -2.34. The zero-order valence-corrected chi connectivity index (χ0v) is 15.2. The molecule has 0 bridgehead atoms. The van der Waals surface area contributed by atoms with Gasteiger partial charge in [0.1, 0.15) is 4.34 Å². The van der Waals surface area contributed by atoms with Gasteiger partial charge in [0.05, 0.1) is 6.04 Å². The highest BCUT2D eigenvalue weighted by Gasteiger charge is 2.25. The van der Waals surface area contributed by atoms with Gasteiger partial charge in [0.2, 0.25) is 0 Å². The van der Waals surface area contributed by atoms with E-state index in [1.165, 1.54) is 43.5 Å². The monoisotopic (exact) mass is 378 g/mol. The van der Waals surface area contributed by atoms with E-state index in [9.17, 15) is 0 Å². The lowest BCUT2D eigenvalue weighted by molar-refractivity contribution is 0.209. The Morgan fingerprint density at radius 1 is 1.50 bits per heavy atom. The van der Waals surface area contributed by atoms with Gasteiger partial charge in [-0.25, -0.2) is 0 Å². The third-order valence-electron chi connectivity index (χ3n) is 4.24. The van der Waals surface area contributed by atoms with Crippen molar-refractivity contribution in [3.63, 3.8) is 0 Å². The van der Waals surface area contributed by atoms with E-state index >= 15 is 0 Å². The molecule has 0 aromatic carbocycles. The van der Waals surface area contributed by atoms with E-state index in [1.807, 2.05) is 0 Å². The maximum Gasteiger partial charge on any atom is 0.107 e. The summed E-state index contributed by atoms with van der Waals surface area (Å²) in [6.07, 6.45) is 6.65. The third-order valence-corrected chi connectivity index (χ3v) is 6.81. The first-order chi connectivity index (χ1) is 9.65. The van der Waals surface area contributed by atoms with Crippen LogP contribution in [0.3, 0.4) is 0 Å². The van der Waals surface area contributed by atoms with Gasteiger partial charge < -0.3 is 5.73 Å². The van der Waals surface area contributed by atoms with Gasteiger partial charge >= 0.3 is 0 Å². The van der Waals surface area contributed by atoms with Crippen molar-refractivity contribution in [2.24, 2.45) is 11.7 Å². The van der Waals surface area contributed by atoms with Gasteiger partial charge in [0, 0.05) is 15.9 Å². The van der Waals surface area contributed by atoms with Crippen LogP contribution >= 0.6 is 38.9 Å². The number of rotatable bonds is 5. The summed E-state index contributed by atoms with van der Waals surface area (Å²) in [6.45, 7) is 5.28. The predicted octanol–water partition coefficient (Wildman–Crippen LogP) is 5.07. The second-order valence-electron chi connectivity index (χ2n) is 5.64. The molecule has 114 valence electrons. The average molecular weight is 380 g/mol. The number of thiophene rings is 1. The fourth-order valence-corrected chi connectivity index (χ4v) is 5.05. The van der Waals surface area contributed by atoms with Gasteiger partial charge in [-0.3, -0.25) is 4.90 Å². The molecular formula is C15H24BrClN2S. The Morgan fingerprint density at radius 2 is 2.30 bits per heavy atom. The number of hydrogen-bond acceptors (Lipinski definition) is 3. The van der Waals surface area contributed by atoms with Crippen LogP contribution in [0.4, 0.5) is 0 Å². The molecule has 0 amide bonds. The topological polar surface area (TPSA) is 29.3 Å².